The average Bonchev–Trinajstić information content (AvgIpc) is 2.15. The number of pyridine rings is 1. The minimum atomic E-state index is 0. The number of hydrogen-bond donors (Lipinski definition) is 0. The van der Waals surface area contributed by atoms with E-state index >= 15 is 0 Å². The van der Waals surface area contributed by atoms with Crippen molar-refractivity contribution >= 4 is 17.0 Å². The van der Waals surface area contributed by atoms with Gasteiger partial charge in [0.15, 0.2) is 0 Å². The molecule has 0 radical (unpaired) electrons. The summed E-state index contributed by atoms with van der Waals surface area (Å²) in [5, 5.41) is 0. The van der Waals surface area contributed by atoms with E-state index in [9.17, 15) is 0 Å². The molecule has 0 spiro atoms. The van der Waals surface area contributed by atoms with Crippen molar-refractivity contribution in [2.24, 2.45) is 0 Å². The molecule has 0 bridgehead atoms. The van der Waals surface area contributed by atoms with E-state index in [1.807, 2.05) is 18.5 Å². The molecular formula is C11H16BrN. The van der Waals surface area contributed by atoms with Crippen molar-refractivity contribution in [3.63, 3.8) is 0 Å². The molecule has 2 heteroatoms. The minimum absolute atomic E-state index is 0. The summed E-state index contributed by atoms with van der Waals surface area (Å²) in [5.41, 5.74) is 1.32. The van der Waals surface area contributed by atoms with E-state index < -0.39 is 0 Å². The van der Waals surface area contributed by atoms with E-state index in [1.165, 1.54) is 18.4 Å². The lowest BCUT2D eigenvalue weighted by Gasteiger charge is -2.10. The first-order valence-corrected chi connectivity index (χ1v) is 4.41. The maximum atomic E-state index is 3.99. The maximum Gasteiger partial charge on any atom is 0.0270 e. The molecule has 1 atom stereocenters. The molecule has 0 saturated carbocycles. The van der Waals surface area contributed by atoms with E-state index in [1.54, 1.807) is 0 Å². The van der Waals surface area contributed by atoms with Crippen LogP contribution in [0.5, 0.6) is 0 Å². The van der Waals surface area contributed by atoms with Crippen molar-refractivity contribution < 1.29 is 0 Å². The molecule has 0 aromatic carbocycles. The second kappa shape index (κ2) is 6.84. The van der Waals surface area contributed by atoms with Gasteiger partial charge in [-0.05, 0) is 24.1 Å². The lowest BCUT2D eigenvalue weighted by molar-refractivity contribution is 0.717. The summed E-state index contributed by atoms with van der Waals surface area (Å²) in [6.45, 7) is 6.03. The Hall–Kier alpha value is -0.630. The highest BCUT2D eigenvalue weighted by Gasteiger charge is 2.04. The van der Waals surface area contributed by atoms with Crippen molar-refractivity contribution in [1.29, 1.82) is 0 Å². The van der Waals surface area contributed by atoms with Gasteiger partial charge < -0.3 is 0 Å². The van der Waals surface area contributed by atoms with Crippen molar-refractivity contribution in [1.82, 2.24) is 4.98 Å². The Labute approximate surface area is 90.7 Å². The monoisotopic (exact) mass is 241 g/mol. The van der Waals surface area contributed by atoms with Crippen molar-refractivity contribution in [3.8, 4) is 0 Å². The second-order valence-electron chi connectivity index (χ2n) is 2.91. The largest absolute Gasteiger partial charge is 0.265 e. The number of nitrogens with zero attached hydrogens (tertiary/aromatic N) is 1. The normalized spacial score (nSPS) is 11.5. The highest BCUT2D eigenvalue weighted by atomic mass is 79.9. The van der Waals surface area contributed by atoms with Gasteiger partial charge in [-0.3, -0.25) is 4.98 Å². The predicted octanol–water partition coefficient (Wildman–Crippen LogP) is 3.73. The quantitative estimate of drug-likeness (QED) is 0.733. The van der Waals surface area contributed by atoms with Gasteiger partial charge in [0.25, 0.3) is 0 Å². The van der Waals surface area contributed by atoms with Gasteiger partial charge in [0.1, 0.15) is 0 Å². The first kappa shape index (κ1) is 12.4. The SMILES string of the molecule is Br.C=CC(CCC)c1ccncc1. The van der Waals surface area contributed by atoms with Crippen LogP contribution in [0.1, 0.15) is 31.2 Å². The van der Waals surface area contributed by atoms with Crippen LogP contribution in [-0.2, 0) is 0 Å². The number of hydrogen-bond acceptors (Lipinski definition) is 1. The van der Waals surface area contributed by atoms with Crippen LogP contribution in [0.4, 0.5) is 0 Å². The van der Waals surface area contributed by atoms with Crippen molar-refractivity contribution in [3.05, 3.63) is 42.7 Å². The molecule has 0 saturated heterocycles. The Morgan fingerprint density at radius 2 is 2.08 bits per heavy atom. The molecule has 1 rings (SSSR count). The molecule has 0 N–H and O–H groups in total. The predicted molar refractivity (Wildman–Crippen MR) is 62.4 cm³/mol. The maximum absolute atomic E-state index is 3.99. The molecule has 13 heavy (non-hydrogen) atoms. The van der Waals surface area contributed by atoms with Gasteiger partial charge in [-0.25, -0.2) is 0 Å². The van der Waals surface area contributed by atoms with E-state index in [0.717, 1.165) is 0 Å². The first-order valence-electron chi connectivity index (χ1n) is 4.41. The molecule has 0 fully saturated rings. The standard InChI is InChI=1S/C11H15N.BrH/c1-3-5-10(4-2)11-6-8-12-9-7-11;/h4,6-10H,2-3,5H2,1H3;1H. The molecule has 1 nitrogen and oxygen atoms in total. The lowest BCUT2D eigenvalue weighted by Crippen LogP contribution is -1.93. The van der Waals surface area contributed by atoms with E-state index in [0.29, 0.717) is 5.92 Å². The zero-order valence-corrected chi connectivity index (χ0v) is 9.65. The Bertz CT molecular complexity index is 233. The van der Waals surface area contributed by atoms with Crippen LogP contribution in [0.2, 0.25) is 0 Å². The van der Waals surface area contributed by atoms with E-state index in [2.05, 4.69) is 30.6 Å². The van der Waals surface area contributed by atoms with E-state index in [-0.39, 0.29) is 17.0 Å². The lowest BCUT2D eigenvalue weighted by atomic mass is 9.96. The van der Waals surface area contributed by atoms with E-state index in [4.69, 9.17) is 0 Å². The first-order chi connectivity index (χ1) is 5.88. The molecule has 0 aliphatic carbocycles. The summed E-state index contributed by atoms with van der Waals surface area (Å²) >= 11 is 0. The molecule has 0 aliphatic rings. The molecule has 1 unspecified atom stereocenters. The summed E-state index contributed by atoms with van der Waals surface area (Å²) in [5.74, 6) is 0.498. The number of halogens is 1. The van der Waals surface area contributed by atoms with Crippen LogP contribution in [0, 0.1) is 0 Å². The van der Waals surface area contributed by atoms with Crippen molar-refractivity contribution in [2.45, 2.75) is 25.7 Å². The number of allylic oxidation sites excluding steroid dienone is 1. The highest BCUT2D eigenvalue weighted by molar-refractivity contribution is 8.93. The second-order valence-corrected chi connectivity index (χ2v) is 2.91. The summed E-state index contributed by atoms with van der Waals surface area (Å²) in [7, 11) is 0. The Morgan fingerprint density at radius 1 is 1.46 bits per heavy atom. The number of rotatable bonds is 4. The average molecular weight is 242 g/mol. The third-order valence-corrected chi connectivity index (χ3v) is 2.02. The van der Waals surface area contributed by atoms with Crippen LogP contribution in [0.3, 0.4) is 0 Å². The molecule has 0 amide bonds. The zero-order chi connectivity index (χ0) is 8.81. The highest BCUT2D eigenvalue weighted by Crippen LogP contribution is 2.20. The van der Waals surface area contributed by atoms with Gasteiger partial charge in [0.2, 0.25) is 0 Å². The topological polar surface area (TPSA) is 12.9 Å². The molecule has 72 valence electrons. The van der Waals surface area contributed by atoms with Crippen LogP contribution >= 0.6 is 17.0 Å². The van der Waals surface area contributed by atoms with Crippen LogP contribution in [0.15, 0.2) is 37.2 Å². The smallest absolute Gasteiger partial charge is 0.0270 e. The fraction of sp³-hybridized carbons (Fsp3) is 0.364. The zero-order valence-electron chi connectivity index (χ0n) is 7.94. The Kier molecular flexibility index (Phi) is 6.51. The summed E-state index contributed by atoms with van der Waals surface area (Å²) in [4.78, 5) is 3.99. The van der Waals surface area contributed by atoms with Crippen LogP contribution < -0.4 is 0 Å². The third-order valence-electron chi connectivity index (χ3n) is 2.02. The summed E-state index contributed by atoms with van der Waals surface area (Å²) in [6.07, 6.45) is 8.05. The summed E-state index contributed by atoms with van der Waals surface area (Å²) < 4.78 is 0. The molecular weight excluding hydrogens is 226 g/mol. The Morgan fingerprint density at radius 3 is 2.54 bits per heavy atom. The van der Waals surface area contributed by atoms with Crippen LogP contribution in [-0.4, -0.2) is 4.98 Å². The van der Waals surface area contributed by atoms with Crippen molar-refractivity contribution in [2.75, 3.05) is 0 Å². The molecule has 1 aromatic rings. The van der Waals surface area contributed by atoms with Gasteiger partial charge in [0.05, 0.1) is 0 Å². The molecule has 1 heterocycles. The summed E-state index contributed by atoms with van der Waals surface area (Å²) in [6, 6.07) is 4.12. The fourth-order valence-corrected chi connectivity index (χ4v) is 1.34. The van der Waals surface area contributed by atoms with Gasteiger partial charge in [0, 0.05) is 18.3 Å². The molecule has 1 aromatic heterocycles. The Balaban J connectivity index is 0.00000144. The number of aromatic nitrogens is 1. The molecule has 0 aliphatic heterocycles. The van der Waals surface area contributed by atoms with Gasteiger partial charge >= 0.3 is 0 Å². The van der Waals surface area contributed by atoms with Gasteiger partial charge in [-0.1, -0.05) is 19.4 Å². The van der Waals surface area contributed by atoms with Gasteiger partial charge in [-0.2, -0.15) is 0 Å². The third kappa shape index (κ3) is 3.73. The minimum Gasteiger partial charge on any atom is -0.265 e. The van der Waals surface area contributed by atoms with Gasteiger partial charge in [-0.15, -0.1) is 23.6 Å². The van der Waals surface area contributed by atoms with Crippen LogP contribution in [0.25, 0.3) is 0 Å². The fourth-order valence-electron chi connectivity index (χ4n) is 1.34.